The zero-order valence-electron chi connectivity index (χ0n) is 11.1. The van der Waals surface area contributed by atoms with E-state index in [4.69, 9.17) is 0 Å². The largest absolute Gasteiger partial charge is 0.303 e. The van der Waals surface area contributed by atoms with E-state index in [-0.39, 0.29) is 17.5 Å². The normalized spacial score (nSPS) is 16.3. The van der Waals surface area contributed by atoms with Crippen LogP contribution in [-0.2, 0) is 4.79 Å². The van der Waals surface area contributed by atoms with Crippen LogP contribution in [0.2, 0.25) is 0 Å². The Morgan fingerprint density at radius 3 is 2.26 bits per heavy atom. The maximum atomic E-state index is 12.4. The Balaban J connectivity index is 2.35. The summed E-state index contributed by atoms with van der Waals surface area (Å²) in [6.45, 7) is 3.50. The average Bonchev–Trinajstić information content (AvgIpc) is 2.44. The van der Waals surface area contributed by atoms with E-state index in [1.807, 2.05) is 6.92 Å². The first-order valence-electron chi connectivity index (χ1n) is 6.39. The van der Waals surface area contributed by atoms with Crippen molar-refractivity contribution in [1.82, 2.24) is 0 Å². The maximum Gasteiger partial charge on any atom is 0.190 e. The molecule has 0 radical (unpaired) electrons. The fourth-order valence-electron chi connectivity index (χ4n) is 2.29. The molecule has 0 fully saturated rings. The molecule has 19 heavy (non-hydrogen) atoms. The Hall–Kier alpha value is -2.03. The van der Waals surface area contributed by atoms with Crippen LogP contribution in [0.5, 0.6) is 0 Å². The predicted molar refractivity (Wildman–Crippen MR) is 72.3 cm³/mol. The Bertz CT molecular complexity index is 581. The summed E-state index contributed by atoms with van der Waals surface area (Å²) in [5, 5.41) is 0. The zero-order chi connectivity index (χ0) is 14.0. The van der Waals surface area contributed by atoms with Gasteiger partial charge in [0.25, 0.3) is 0 Å². The molecule has 1 atom stereocenters. The van der Waals surface area contributed by atoms with E-state index in [0.717, 1.165) is 6.29 Å². The summed E-state index contributed by atoms with van der Waals surface area (Å²) in [6, 6.07) is 6.89. The minimum absolute atomic E-state index is 0.0780. The van der Waals surface area contributed by atoms with Crippen molar-refractivity contribution in [2.45, 2.75) is 26.7 Å². The highest BCUT2D eigenvalue weighted by Crippen LogP contribution is 2.29. The van der Waals surface area contributed by atoms with E-state index >= 15 is 0 Å². The van der Waals surface area contributed by atoms with Crippen molar-refractivity contribution in [2.24, 2.45) is 5.92 Å². The minimum Gasteiger partial charge on any atom is -0.303 e. The molecule has 1 aromatic carbocycles. The van der Waals surface area contributed by atoms with E-state index in [0.29, 0.717) is 35.1 Å². The molecule has 1 aromatic rings. The van der Waals surface area contributed by atoms with Gasteiger partial charge in [0.2, 0.25) is 0 Å². The van der Waals surface area contributed by atoms with Crippen LogP contribution >= 0.6 is 0 Å². The number of hydrogen-bond acceptors (Lipinski definition) is 3. The number of hydrogen-bond donors (Lipinski definition) is 0. The third-order valence-electron chi connectivity index (χ3n) is 3.57. The molecule has 1 aliphatic carbocycles. The van der Waals surface area contributed by atoms with Crippen LogP contribution in [0.1, 0.15) is 47.4 Å². The highest BCUT2D eigenvalue weighted by atomic mass is 16.1. The summed E-state index contributed by atoms with van der Waals surface area (Å²) >= 11 is 0. The van der Waals surface area contributed by atoms with Gasteiger partial charge in [0.1, 0.15) is 6.29 Å². The molecule has 0 saturated carbocycles. The number of allylic oxidation sites excluding steroid dienone is 2. The summed E-state index contributed by atoms with van der Waals surface area (Å²) in [7, 11) is 0. The van der Waals surface area contributed by atoms with Crippen LogP contribution in [0, 0.1) is 5.92 Å². The SMILES string of the molecule is CC1=C(CCC(C)C=O)C(=O)c2ccccc2C1=O. The second kappa shape index (κ2) is 5.31. The van der Waals surface area contributed by atoms with Crippen LogP contribution in [0.3, 0.4) is 0 Å². The molecule has 0 aromatic heterocycles. The number of aldehydes is 1. The Morgan fingerprint density at radius 1 is 1.11 bits per heavy atom. The lowest BCUT2D eigenvalue weighted by atomic mass is 9.82. The quantitative estimate of drug-likeness (QED) is 0.778. The van der Waals surface area contributed by atoms with Gasteiger partial charge in [-0.3, -0.25) is 9.59 Å². The molecule has 0 N–H and O–H groups in total. The van der Waals surface area contributed by atoms with E-state index < -0.39 is 0 Å². The van der Waals surface area contributed by atoms with Crippen molar-refractivity contribution in [3.8, 4) is 0 Å². The highest BCUT2D eigenvalue weighted by Gasteiger charge is 2.29. The number of Topliss-reactive ketones (excluding diaryl/α,β-unsaturated/α-hetero) is 2. The van der Waals surface area contributed by atoms with E-state index in [1.165, 1.54) is 0 Å². The average molecular weight is 256 g/mol. The molecular weight excluding hydrogens is 240 g/mol. The lowest BCUT2D eigenvalue weighted by molar-refractivity contribution is -0.110. The van der Waals surface area contributed by atoms with Gasteiger partial charge in [0.05, 0.1) is 0 Å². The maximum absolute atomic E-state index is 12.4. The number of fused-ring (bicyclic) bond motifs is 1. The molecule has 0 heterocycles. The second-order valence-electron chi connectivity index (χ2n) is 4.96. The molecule has 1 aliphatic rings. The summed E-state index contributed by atoms with van der Waals surface area (Å²) in [4.78, 5) is 35.2. The number of ketones is 2. The molecule has 0 aliphatic heterocycles. The summed E-state index contributed by atoms with van der Waals surface area (Å²) < 4.78 is 0. The standard InChI is InChI=1S/C16H16O3/c1-10(9-17)7-8-12-11(2)15(18)13-5-3-4-6-14(13)16(12)19/h3-6,9-10H,7-8H2,1-2H3. The van der Waals surface area contributed by atoms with Crippen molar-refractivity contribution in [3.63, 3.8) is 0 Å². The molecule has 0 amide bonds. The van der Waals surface area contributed by atoms with Crippen LogP contribution < -0.4 is 0 Å². The highest BCUT2D eigenvalue weighted by molar-refractivity contribution is 6.26. The zero-order valence-corrected chi connectivity index (χ0v) is 11.1. The van der Waals surface area contributed by atoms with Gasteiger partial charge in [-0.25, -0.2) is 0 Å². The van der Waals surface area contributed by atoms with Gasteiger partial charge in [-0.15, -0.1) is 0 Å². The number of carbonyl (C=O) groups is 3. The van der Waals surface area contributed by atoms with Crippen molar-refractivity contribution >= 4 is 17.9 Å². The van der Waals surface area contributed by atoms with Crippen molar-refractivity contribution < 1.29 is 14.4 Å². The van der Waals surface area contributed by atoms with Crippen molar-refractivity contribution in [2.75, 3.05) is 0 Å². The van der Waals surface area contributed by atoms with Gasteiger partial charge in [0, 0.05) is 28.2 Å². The fourth-order valence-corrected chi connectivity index (χ4v) is 2.29. The molecule has 3 nitrogen and oxygen atoms in total. The van der Waals surface area contributed by atoms with Gasteiger partial charge in [-0.2, -0.15) is 0 Å². The van der Waals surface area contributed by atoms with Gasteiger partial charge >= 0.3 is 0 Å². The summed E-state index contributed by atoms with van der Waals surface area (Å²) in [5.41, 5.74) is 2.03. The third kappa shape index (κ3) is 2.41. The molecule has 0 spiro atoms. The topological polar surface area (TPSA) is 51.2 Å². The molecule has 1 unspecified atom stereocenters. The van der Waals surface area contributed by atoms with E-state index in [9.17, 15) is 14.4 Å². The van der Waals surface area contributed by atoms with Crippen LogP contribution in [0.15, 0.2) is 35.4 Å². The van der Waals surface area contributed by atoms with Gasteiger partial charge in [-0.05, 0) is 19.8 Å². The molecule has 0 saturated heterocycles. The molecule has 98 valence electrons. The number of carbonyl (C=O) groups excluding carboxylic acids is 3. The lowest BCUT2D eigenvalue weighted by Gasteiger charge is -2.19. The molecular formula is C16H16O3. The molecule has 3 heteroatoms. The van der Waals surface area contributed by atoms with Gasteiger partial charge < -0.3 is 4.79 Å². The first-order valence-corrected chi connectivity index (χ1v) is 6.39. The third-order valence-corrected chi connectivity index (χ3v) is 3.57. The Morgan fingerprint density at radius 2 is 1.68 bits per heavy atom. The lowest BCUT2D eigenvalue weighted by Crippen LogP contribution is -2.21. The van der Waals surface area contributed by atoms with Gasteiger partial charge in [-0.1, -0.05) is 31.2 Å². The van der Waals surface area contributed by atoms with Crippen LogP contribution in [0.25, 0.3) is 0 Å². The number of rotatable bonds is 4. The first kappa shape index (κ1) is 13.4. The smallest absolute Gasteiger partial charge is 0.190 e. The van der Waals surface area contributed by atoms with E-state index in [1.54, 1.807) is 31.2 Å². The Labute approximate surface area is 112 Å². The molecule has 0 bridgehead atoms. The first-order chi connectivity index (χ1) is 9.06. The monoisotopic (exact) mass is 256 g/mol. The predicted octanol–water partition coefficient (Wildman–Crippen LogP) is 3.00. The van der Waals surface area contributed by atoms with Crippen molar-refractivity contribution in [3.05, 3.63) is 46.5 Å². The molecule has 2 rings (SSSR count). The summed E-state index contributed by atoms with van der Waals surface area (Å²) in [6.07, 6.45) is 1.95. The summed E-state index contributed by atoms with van der Waals surface area (Å²) in [5.74, 6) is -0.255. The Kier molecular flexibility index (Phi) is 3.74. The second-order valence-corrected chi connectivity index (χ2v) is 4.96. The fraction of sp³-hybridized carbons (Fsp3) is 0.312. The van der Waals surface area contributed by atoms with Crippen molar-refractivity contribution in [1.29, 1.82) is 0 Å². The number of benzene rings is 1. The van der Waals surface area contributed by atoms with E-state index in [2.05, 4.69) is 0 Å². The minimum atomic E-state index is -0.0969. The van der Waals surface area contributed by atoms with Crippen LogP contribution in [0.4, 0.5) is 0 Å². The van der Waals surface area contributed by atoms with Crippen LogP contribution in [-0.4, -0.2) is 17.9 Å². The van der Waals surface area contributed by atoms with Gasteiger partial charge in [0.15, 0.2) is 11.6 Å².